The van der Waals surface area contributed by atoms with Gasteiger partial charge in [-0.2, -0.15) is 0 Å². The van der Waals surface area contributed by atoms with E-state index in [1.54, 1.807) is 20.3 Å². The number of carbonyl (C=O) groups excluding carboxylic acids is 1. The first kappa shape index (κ1) is 20.5. The van der Waals surface area contributed by atoms with Crippen LogP contribution in [0.25, 0.3) is 0 Å². The van der Waals surface area contributed by atoms with Gasteiger partial charge in [0.25, 0.3) is 0 Å². The molecule has 0 spiro atoms. The molecule has 5 nitrogen and oxygen atoms in total. The van der Waals surface area contributed by atoms with Crippen molar-refractivity contribution in [3.8, 4) is 11.5 Å². The molecule has 1 aromatic heterocycles. The van der Waals surface area contributed by atoms with Gasteiger partial charge in [0.05, 0.1) is 26.7 Å². The van der Waals surface area contributed by atoms with Gasteiger partial charge in [-0.3, -0.25) is 4.79 Å². The van der Waals surface area contributed by atoms with Crippen molar-refractivity contribution in [2.75, 3.05) is 20.8 Å². The Morgan fingerprint density at radius 1 is 1.03 bits per heavy atom. The van der Waals surface area contributed by atoms with E-state index in [0.29, 0.717) is 24.5 Å². The first-order valence-electron chi connectivity index (χ1n) is 9.46. The fourth-order valence-corrected chi connectivity index (χ4v) is 3.30. The maximum absolute atomic E-state index is 13.7. The van der Waals surface area contributed by atoms with Crippen LogP contribution in [0.3, 0.4) is 0 Å². The first-order valence-corrected chi connectivity index (χ1v) is 9.46. The Bertz CT molecular complexity index is 941. The van der Waals surface area contributed by atoms with E-state index in [0.717, 1.165) is 11.1 Å². The van der Waals surface area contributed by atoms with Crippen LogP contribution in [0.5, 0.6) is 11.5 Å². The minimum atomic E-state index is -0.312. The third-order valence-electron chi connectivity index (χ3n) is 4.78. The predicted octanol–water partition coefficient (Wildman–Crippen LogP) is 3.98. The number of ether oxygens (including phenoxy) is 2. The van der Waals surface area contributed by atoms with Crippen molar-refractivity contribution in [2.45, 2.75) is 18.9 Å². The fraction of sp³-hybridized carbons (Fsp3) is 0.261. The molecule has 2 aromatic carbocycles. The van der Waals surface area contributed by atoms with Gasteiger partial charge >= 0.3 is 0 Å². The highest BCUT2D eigenvalue weighted by molar-refractivity contribution is 5.76. The quantitative estimate of drug-likeness (QED) is 0.595. The molecule has 0 saturated heterocycles. The lowest BCUT2D eigenvalue weighted by molar-refractivity contribution is -0.121. The van der Waals surface area contributed by atoms with Gasteiger partial charge < -0.3 is 19.4 Å². The van der Waals surface area contributed by atoms with Gasteiger partial charge in [0.2, 0.25) is 5.91 Å². The maximum atomic E-state index is 13.7. The summed E-state index contributed by atoms with van der Waals surface area (Å²) in [7, 11) is 3.19. The highest BCUT2D eigenvalue weighted by Crippen LogP contribution is 2.27. The molecule has 29 heavy (non-hydrogen) atoms. The van der Waals surface area contributed by atoms with E-state index >= 15 is 0 Å². The molecule has 0 unspecified atom stereocenters. The lowest BCUT2D eigenvalue weighted by atomic mass is 10.0. The Kier molecular flexibility index (Phi) is 6.89. The molecule has 0 aliphatic carbocycles. The molecule has 0 radical (unpaired) electrons. The van der Waals surface area contributed by atoms with Crippen LogP contribution in [0.1, 0.15) is 23.6 Å². The first-order chi connectivity index (χ1) is 14.1. The van der Waals surface area contributed by atoms with Crippen molar-refractivity contribution in [1.29, 1.82) is 0 Å². The molecule has 0 aliphatic rings. The monoisotopic (exact) mass is 396 g/mol. The Balaban J connectivity index is 1.61. The van der Waals surface area contributed by atoms with Gasteiger partial charge in [-0.25, -0.2) is 4.39 Å². The summed E-state index contributed by atoms with van der Waals surface area (Å²) in [6, 6.07) is 15.6. The minimum Gasteiger partial charge on any atom is -0.493 e. The van der Waals surface area contributed by atoms with Crippen LogP contribution in [-0.2, 0) is 11.2 Å². The van der Waals surface area contributed by atoms with Crippen LogP contribution in [0.4, 0.5) is 4.39 Å². The second-order valence-electron chi connectivity index (χ2n) is 6.69. The Morgan fingerprint density at radius 3 is 2.48 bits per heavy atom. The molecule has 1 amide bonds. The van der Waals surface area contributed by atoms with Crippen molar-refractivity contribution in [1.82, 2.24) is 9.88 Å². The van der Waals surface area contributed by atoms with E-state index in [2.05, 4.69) is 5.32 Å². The zero-order valence-electron chi connectivity index (χ0n) is 16.6. The van der Waals surface area contributed by atoms with E-state index in [-0.39, 0.29) is 24.2 Å². The Hall–Kier alpha value is -3.28. The lowest BCUT2D eigenvalue weighted by Gasteiger charge is -2.19. The highest BCUT2D eigenvalue weighted by atomic mass is 19.1. The number of hydrogen-bond acceptors (Lipinski definition) is 3. The van der Waals surface area contributed by atoms with Crippen molar-refractivity contribution >= 4 is 5.91 Å². The number of carbonyl (C=O) groups is 1. The maximum Gasteiger partial charge on any atom is 0.222 e. The summed E-state index contributed by atoms with van der Waals surface area (Å²) in [6.45, 7) is 0.496. The second-order valence-corrected chi connectivity index (χ2v) is 6.69. The molecule has 0 fully saturated rings. The number of halogens is 1. The molecule has 1 N–H and O–H groups in total. The molecule has 3 rings (SSSR count). The van der Waals surface area contributed by atoms with E-state index in [1.807, 2.05) is 53.4 Å². The molecular weight excluding hydrogens is 371 g/mol. The van der Waals surface area contributed by atoms with Gasteiger partial charge in [0.1, 0.15) is 5.82 Å². The zero-order valence-corrected chi connectivity index (χ0v) is 16.6. The van der Waals surface area contributed by atoms with Gasteiger partial charge in [-0.15, -0.1) is 0 Å². The van der Waals surface area contributed by atoms with E-state index in [9.17, 15) is 9.18 Å². The van der Waals surface area contributed by atoms with E-state index < -0.39 is 0 Å². The SMILES string of the molecule is COc1ccc(CCNC(=O)C[C@H](c2cccc(F)c2)n2cccc2)cc1OC. The number of nitrogens with zero attached hydrogens (tertiary/aromatic N) is 1. The fourth-order valence-electron chi connectivity index (χ4n) is 3.30. The Labute approximate surface area is 170 Å². The third-order valence-corrected chi connectivity index (χ3v) is 4.78. The smallest absolute Gasteiger partial charge is 0.222 e. The van der Waals surface area contributed by atoms with Crippen LogP contribution in [-0.4, -0.2) is 31.2 Å². The number of nitrogens with one attached hydrogen (secondary N) is 1. The standard InChI is InChI=1S/C23H25FN2O3/c1-28-21-9-8-17(14-22(21)29-2)10-11-25-23(27)16-20(26-12-3-4-13-26)18-6-5-7-19(24)15-18/h3-9,12-15,20H,10-11,16H2,1-2H3,(H,25,27)/t20-/m1/s1. The molecule has 3 aromatic rings. The van der Waals surface area contributed by atoms with Gasteiger partial charge in [0.15, 0.2) is 11.5 Å². The van der Waals surface area contributed by atoms with Crippen LogP contribution in [0.15, 0.2) is 67.0 Å². The molecule has 1 atom stereocenters. The van der Waals surface area contributed by atoms with Crippen molar-refractivity contribution in [3.63, 3.8) is 0 Å². The van der Waals surface area contributed by atoms with Crippen LogP contribution in [0.2, 0.25) is 0 Å². The lowest BCUT2D eigenvalue weighted by Crippen LogP contribution is -2.28. The van der Waals surface area contributed by atoms with Crippen LogP contribution >= 0.6 is 0 Å². The van der Waals surface area contributed by atoms with E-state index in [4.69, 9.17) is 9.47 Å². The van der Waals surface area contributed by atoms with Crippen LogP contribution in [0, 0.1) is 5.82 Å². The second kappa shape index (κ2) is 9.78. The number of benzene rings is 2. The largest absolute Gasteiger partial charge is 0.493 e. The summed E-state index contributed by atoms with van der Waals surface area (Å²) in [5.41, 5.74) is 1.80. The van der Waals surface area contributed by atoms with Crippen molar-refractivity contribution < 1.29 is 18.7 Å². The number of rotatable bonds is 9. The molecule has 0 bridgehead atoms. The average molecular weight is 396 g/mol. The molecular formula is C23H25FN2O3. The highest BCUT2D eigenvalue weighted by Gasteiger charge is 2.18. The minimum absolute atomic E-state index is 0.0894. The Morgan fingerprint density at radius 2 is 1.79 bits per heavy atom. The summed E-state index contributed by atoms with van der Waals surface area (Å²) in [6.07, 6.45) is 4.66. The number of hydrogen-bond donors (Lipinski definition) is 1. The zero-order chi connectivity index (χ0) is 20.6. The summed E-state index contributed by atoms with van der Waals surface area (Å²) >= 11 is 0. The number of amides is 1. The normalized spacial score (nSPS) is 11.7. The summed E-state index contributed by atoms with van der Waals surface area (Å²) < 4.78 is 26.2. The number of aromatic nitrogens is 1. The van der Waals surface area contributed by atoms with Gasteiger partial charge in [-0.1, -0.05) is 18.2 Å². The van der Waals surface area contributed by atoms with Crippen molar-refractivity contribution in [2.24, 2.45) is 0 Å². The molecule has 0 aliphatic heterocycles. The summed E-state index contributed by atoms with van der Waals surface area (Å²) in [5.74, 6) is 0.932. The molecule has 6 heteroatoms. The molecule has 1 heterocycles. The van der Waals surface area contributed by atoms with Crippen LogP contribution < -0.4 is 14.8 Å². The summed E-state index contributed by atoms with van der Waals surface area (Å²) in [5, 5.41) is 2.96. The molecule has 0 saturated carbocycles. The van der Waals surface area contributed by atoms with Crippen molar-refractivity contribution in [3.05, 3.63) is 83.9 Å². The molecule has 152 valence electrons. The third kappa shape index (κ3) is 5.38. The van der Waals surface area contributed by atoms with Gasteiger partial charge in [0, 0.05) is 18.9 Å². The van der Waals surface area contributed by atoms with Gasteiger partial charge in [-0.05, 0) is 53.9 Å². The average Bonchev–Trinajstić information content (AvgIpc) is 3.26. The number of methoxy groups -OCH3 is 2. The van der Waals surface area contributed by atoms with E-state index in [1.165, 1.54) is 12.1 Å². The topological polar surface area (TPSA) is 52.5 Å². The summed E-state index contributed by atoms with van der Waals surface area (Å²) in [4.78, 5) is 12.6. The predicted molar refractivity (Wildman–Crippen MR) is 110 cm³/mol.